The SMILES string of the molecule is CC(=O)N1CCc2ccc(S(=O)(=O)NCCC3=CCCCC3)cc2C1. The number of nitrogens with one attached hydrogen (secondary N) is 1. The summed E-state index contributed by atoms with van der Waals surface area (Å²) in [6.07, 6.45) is 8.44. The van der Waals surface area contributed by atoms with E-state index in [4.69, 9.17) is 0 Å². The Morgan fingerprint density at radius 2 is 2.04 bits per heavy atom. The second-order valence-corrected chi connectivity index (χ2v) is 8.64. The second-order valence-electron chi connectivity index (χ2n) is 6.88. The lowest BCUT2D eigenvalue weighted by Gasteiger charge is -2.28. The molecule has 3 rings (SSSR count). The third-order valence-corrected chi connectivity index (χ3v) is 6.53. The van der Waals surface area contributed by atoms with Gasteiger partial charge in [-0.05, 0) is 61.8 Å². The zero-order valence-electron chi connectivity index (χ0n) is 14.8. The molecule has 1 amide bonds. The van der Waals surface area contributed by atoms with E-state index in [9.17, 15) is 13.2 Å². The van der Waals surface area contributed by atoms with Crippen LogP contribution in [-0.4, -0.2) is 32.3 Å². The van der Waals surface area contributed by atoms with Crippen LogP contribution in [0.25, 0.3) is 0 Å². The van der Waals surface area contributed by atoms with Crippen LogP contribution in [0.3, 0.4) is 0 Å². The number of carbonyl (C=O) groups excluding carboxylic acids is 1. The zero-order chi connectivity index (χ0) is 17.9. The average molecular weight is 362 g/mol. The number of amides is 1. The summed E-state index contributed by atoms with van der Waals surface area (Å²) >= 11 is 0. The van der Waals surface area contributed by atoms with E-state index < -0.39 is 10.0 Å². The zero-order valence-corrected chi connectivity index (χ0v) is 15.6. The fraction of sp³-hybridized carbons (Fsp3) is 0.526. The number of hydrogen-bond donors (Lipinski definition) is 1. The van der Waals surface area contributed by atoms with Crippen LogP contribution in [0.1, 0.15) is 50.2 Å². The van der Waals surface area contributed by atoms with Crippen molar-refractivity contribution in [1.82, 2.24) is 9.62 Å². The van der Waals surface area contributed by atoms with Crippen LogP contribution in [0, 0.1) is 0 Å². The molecule has 0 atom stereocenters. The maximum absolute atomic E-state index is 12.6. The molecule has 136 valence electrons. The van der Waals surface area contributed by atoms with Crippen molar-refractivity contribution < 1.29 is 13.2 Å². The summed E-state index contributed by atoms with van der Waals surface area (Å²) in [5.41, 5.74) is 3.42. The van der Waals surface area contributed by atoms with Crippen LogP contribution in [-0.2, 0) is 27.8 Å². The highest BCUT2D eigenvalue weighted by atomic mass is 32.2. The third-order valence-electron chi connectivity index (χ3n) is 5.07. The molecule has 5 nitrogen and oxygen atoms in total. The van der Waals surface area contributed by atoms with Crippen LogP contribution in [0.15, 0.2) is 34.7 Å². The van der Waals surface area contributed by atoms with Crippen molar-refractivity contribution in [3.63, 3.8) is 0 Å². The molecule has 1 aliphatic carbocycles. The third kappa shape index (κ3) is 4.50. The minimum absolute atomic E-state index is 0.0257. The summed E-state index contributed by atoms with van der Waals surface area (Å²) in [5.74, 6) is 0.0257. The topological polar surface area (TPSA) is 66.5 Å². The van der Waals surface area contributed by atoms with Crippen molar-refractivity contribution in [2.75, 3.05) is 13.1 Å². The predicted molar refractivity (Wildman–Crippen MR) is 97.6 cm³/mol. The Morgan fingerprint density at radius 1 is 1.20 bits per heavy atom. The van der Waals surface area contributed by atoms with Gasteiger partial charge in [0.05, 0.1) is 4.90 Å². The molecule has 0 fully saturated rings. The molecule has 0 aromatic heterocycles. The van der Waals surface area contributed by atoms with Crippen molar-refractivity contribution in [3.05, 3.63) is 41.0 Å². The highest BCUT2D eigenvalue weighted by molar-refractivity contribution is 7.89. The van der Waals surface area contributed by atoms with E-state index >= 15 is 0 Å². The molecule has 0 radical (unpaired) electrons. The second kappa shape index (κ2) is 7.70. The predicted octanol–water partition coefficient (Wildman–Crippen LogP) is 2.76. The molecule has 0 bridgehead atoms. The molecule has 0 saturated carbocycles. The molecule has 0 spiro atoms. The average Bonchev–Trinajstić information content (AvgIpc) is 2.61. The van der Waals surface area contributed by atoms with Crippen LogP contribution < -0.4 is 4.72 Å². The first-order valence-electron chi connectivity index (χ1n) is 9.00. The number of carbonyl (C=O) groups is 1. The van der Waals surface area contributed by atoms with Crippen molar-refractivity contribution in [1.29, 1.82) is 0 Å². The molecule has 2 aliphatic rings. The van der Waals surface area contributed by atoms with Gasteiger partial charge in [-0.25, -0.2) is 13.1 Å². The van der Waals surface area contributed by atoms with Gasteiger partial charge >= 0.3 is 0 Å². The smallest absolute Gasteiger partial charge is 0.240 e. The Balaban J connectivity index is 1.67. The summed E-state index contributed by atoms with van der Waals surface area (Å²) in [6.45, 7) is 3.17. The lowest BCUT2D eigenvalue weighted by atomic mass is 9.97. The minimum atomic E-state index is -3.51. The van der Waals surface area contributed by atoms with Gasteiger partial charge in [0.1, 0.15) is 0 Å². The number of fused-ring (bicyclic) bond motifs is 1. The Kier molecular flexibility index (Phi) is 5.59. The van der Waals surface area contributed by atoms with Gasteiger partial charge in [-0.15, -0.1) is 0 Å². The Hall–Kier alpha value is -1.66. The lowest BCUT2D eigenvalue weighted by Crippen LogP contribution is -2.34. The number of rotatable bonds is 5. The molecule has 0 unspecified atom stereocenters. The molecular formula is C19H26N2O3S. The standard InChI is InChI=1S/C19H26N2O3S/c1-15(22)21-12-10-17-7-8-19(13-18(17)14-21)25(23,24)20-11-9-16-5-3-2-4-6-16/h5,7-8,13,20H,2-4,6,9-12,14H2,1H3. The normalized spacial score (nSPS) is 17.8. The minimum Gasteiger partial charge on any atom is -0.338 e. The van der Waals surface area contributed by atoms with Gasteiger partial charge in [-0.3, -0.25) is 4.79 Å². The van der Waals surface area contributed by atoms with E-state index in [2.05, 4.69) is 10.8 Å². The van der Waals surface area contributed by atoms with Crippen molar-refractivity contribution in [3.8, 4) is 0 Å². The van der Waals surface area contributed by atoms with Crippen LogP contribution in [0.5, 0.6) is 0 Å². The van der Waals surface area contributed by atoms with E-state index in [1.807, 2.05) is 6.07 Å². The summed E-state index contributed by atoms with van der Waals surface area (Å²) in [7, 11) is -3.51. The number of hydrogen-bond acceptors (Lipinski definition) is 3. The summed E-state index contributed by atoms with van der Waals surface area (Å²) in [5, 5.41) is 0. The van der Waals surface area contributed by atoms with Gasteiger partial charge in [0.25, 0.3) is 0 Å². The van der Waals surface area contributed by atoms with Crippen molar-refractivity contribution in [2.24, 2.45) is 0 Å². The highest BCUT2D eigenvalue weighted by Crippen LogP contribution is 2.23. The van der Waals surface area contributed by atoms with E-state index in [0.717, 1.165) is 36.8 Å². The maximum atomic E-state index is 12.6. The molecule has 0 saturated heterocycles. The number of nitrogens with zero attached hydrogens (tertiary/aromatic N) is 1. The summed E-state index contributed by atoms with van der Waals surface area (Å²) in [6, 6.07) is 5.27. The van der Waals surface area contributed by atoms with E-state index in [-0.39, 0.29) is 10.8 Å². The molecule has 1 aromatic carbocycles. The van der Waals surface area contributed by atoms with Gasteiger partial charge in [0.2, 0.25) is 15.9 Å². The Labute approximate surface area is 150 Å². The van der Waals surface area contributed by atoms with Gasteiger partial charge < -0.3 is 4.90 Å². The van der Waals surface area contributed by atoms with Gasteiger partial charge in [0.15, 0.2) is 0 Å². The molecule has 6 heteroatoms. The number of allylic oxidation sites excluding steroid dienone is 1. The van der Waals surface area contributed by atoms with E-state index in [1.54, 1.807) is 24.0 Å². The van der Waals surface area contributed by atoms with Gasteiger partial charge in [-0.1, -0.05) is 17.7 Å². The molecule has 1 aromatic rings. The van der Waals surface area contributed by atoms with Crippen LogP contribution in [0.2, 0.25) is 0 Å². The fourth-order valence-corrected chi connectivity index (χ4v) is 4.61. The van der Waals surface area contributed by atoms with Crippen LogP contribution in [0.4, 0.5) is 0 Å². The van der Waals surface area contributed by atoms with Gasteiger partial charge in [-0.2, -0.15) is 0 Å². The first-order valence-corrected chi connectivity index (χ1v) is 10.5. The molecule has 1 aliphatic heterocycles. The summed E-state index contributed by atoms with van der Waals surface area (Å²) in [4.78, 5) is 13.6. The first kappa shape index (κ1) is 18.1. The number of benzene rings is 1. The van der Waals surface area contributed by atoms with E-state index in [0.29, 0.717) is 19.6 Å². The van der Waals surface area contributed by atoms with Crippen molar-refractivity contribution >= 4 is 15.9 Å². The number of sulfonamides is 1. The molecular weight excluding hydrogens is 336 g/mol. The first-order chi connectivity index (χ1) is 12.0. The largest absolute Gasteiger partial charge is 0.338 e. The van der Waals surface area contributed by atoms with E-state index in [1.165, 1.54) is 18.4 Å². The van der Waals surface area contributed by atoms with Crippen LogP contribution >= 0.6 is 0 Å². The molecule has 25 heavy (non-hydrogen) atoms. The Morgan fingerprint density at radius 3 is 2.76 bits per heavy atom. The van der Waals surface area contributed by atoms with Crippen molar-refractivity contribution in [2.45, 2.75) is 56.9 Å². The molecule has 1 N–H and O–H groups in total. The highest BCUT2D eigenvalue weighted by Gasteiger charge is 2.21. The summed E-state index contributed by atoms with van der Waals surface area (Å²) < 4.78 is 27.8. The maximum Gasteiger partial charge on any atom is 0.240 e. The lowest BCUT2D eigenvalue weighted by molar-refractivity contribution is -0.129. The quantitative estimate of drug-likeness (QED) is 0.819. The fourth-order valence-electron chi connectivity index (χ4n) is 3.53. The Bertz CT molecular complexity index is 784. The monoisotopic (exact) mass is 362 g/mol. The van der Waals surface area contributed by atoms with Gasteiger partial charge in [0, 0.05) is 26.6 Å². The molecule has 1 heterocycles.